The number of rotatable bonds is 1. The maximum absolute atomic E-state index is 12.5. The van der Waals surface area contributed by atoms with Crippen LogP contribution in [0.3, 0.4) is 0 Å². The van der Waals surface area contributed by atoms with Gasteiger partial charge in [-0.1, -0.05) is 6.92 Å². The Bertz CT molecular complexity index is 261. The van der Waals surface area contributed by atoms with Gasteiger partial charge in [0.2, 0.25) is 0 Å². The SMILES string of the molecule is CC1(C(F)(F)F)CC1C(F)(F)C(F)(F)F. The summed E-state index contributed by atoms with van der Waals surface area (Å²) in [6.45, 7) is 0.372. The predicted molar refractivity (Wildman–Crippen MR) is 33.3 cm³/mol. The van der Waals surface area contributed by atoms with Crippen LogP contribution in [0.2, 0.25) is 0 Å². The fourth-order valence-corrected chi connectivity index (χ4v) is 1.40. The highest BCUT2D eigenvalue weighted by Gasteiger charge is 2.80. The molecule has 0 heterocycles. The van der Waals surface area contributed by atoms with Gasteiger partial charge in [0.05, 0.1) is 5.41 Å². The molecule has 0 radical (unpaired) electrons. The van der Waals surface area contributed by atoms with Crippen molar-refractivity contribution in [2.75, 3.05) is 0 Å². The third kappa shape index (κ3) is 1.67. The first-order valence-corrected chi connectivity index (χ1v) is 3.85. The molecule has 90 valence electrons. The van der Waals surface area contributed by atoms with E-state index < -0.39 is 36.0 Å². The van der Waals surface area contributed by atoms with Gasteiger partial charge in [0.1, 0.15) is 0 Å². The highest BCUT2D eigenvalue weighted by Crippen LogP contribution is 2.69. The lowest BCUT2D eigenvalue weighted by atomic mass is 10.0. The molecule has 15 heavy (non-hydrogen) atoms. The molecule has 0 spiro atoms. The Kier molecular flexibility index (Phi) is 2.30. The van der Waals surface area contributed by atoms with Crippen molar-refractivity contribution in [1.82, 2.24) is 0 Å². The summed E-state index contributed by atoms with van der Waals surface area (Å²) >= 11 is 0. The van der Waals surface area contributed by atoms with Gasteiger partial charge in [0.15, 0.2) is 0 Å². The Morgan fingerprint density at radius 3 is 1.53 bits per heavy atom. The van der Waals surface area contributed by atoms with Gasteiger partial charge in [-0.05, 0) is 6.42 Å². The quantitative estimate of drug-likeness (QED) is 0.614. The van der Waals surface area contributed by atoms with Crippen LogP contribution < -0.4 is 0 Å². The molecule has 0 aliphatic heterocycles. The van der Waals surface area contributed by atoms with Crippen molar-refractivity contribution in [3.63, 3.8) is 0 Å². The zero-order valence-corrected chi connectivity index (χ0v) is 7.31. The van der Waals surface area contributed by atoms with E-state index in [0.717, 1.165) is 0 Å². The maximum atomic E-state index is 12.5. The Labute approximate surface area is 79.2 Å². The molecule has 1 aliphatic carbocycles. The van der Waals surface area contributed by atoms with E-state index in [9.17, 15) is 35.1 Å². The van der Waals surface area contributed by atoms with Crippen LogP contribution in [0.4, 0.5) is 35.1 Å². The summed E-state index contributed by atoms with van der Waals surface area (Å²) in [4.78, 5) is 0. The largest absolute Gasteiger partial charge is 0.453 e. The molecule has 1 saturated carbocycles. The van der Waals surface area contributed by atoms with Crippen LogP contribution in [0.25, 0.3) is 0 Å². The second kappa shape index (κ2) is 2.76. The fraction of sp³-hybridized carbons (Fsp3) is 1.00. The molecule has 0 aromatic heterocycles. The van der Waals surface area contributed by atoms with Crippen molar-refractivity contribution in [2.45, 2.75) is 31.6 Å². The monoisotopic (exact) mass is 242 g/mol. The average Bonchev–Trinajstić information content (AvgIpc) is 2.59. The number of halogens is 8. The summed E-state index contributed by atoms with van der Waals surface area (Å²) < 4.78 is 96.5. The van der Waals surface area contributed by atoms with E-state index in [2.05, 4.69) is 0 Å². The molecule has 0 amide bonds. The summed E-state index contributed by atoms with van der Waals surface area (Å²) in [5.41, 5.74) is -2.92. The maximum Gasteiger partial charge on any atom is 0.453 e. The molecule has 0 nitrogen and oxygen atoms in total. The molecule has 0 bridgehead atoms. The summed E-state index contributed by atoms with van der Waals surface area (Å²) in [7, 11) is 0. The van der Waals surface area contributed by atoms with E-state index in [1.807, 2.05) is 0 Å². The van der Waals surface area contributed by atoms with Crippen molar-refractivity contribution in [3.8, 4) is 0 Å². The molecule has 2 unspecified atom stereocenters. The standard InChI is InChI=1S/C7H6F8/c1-4(6(10,11)12)2-3(4)5(8,9)7(13,14)15/h3H,2H2,1H3. The minimum Gasteiger partial charge on any atom is -0.196 e. The summed E-state index contributed by atoms with van der Waals surface area (Å²) in [6, 6.07) is 0. The van der Waals surface area contributed by atoms with Crippen molar-refractivity contribution in [1.29, 1.82) is 0 Å². The average molecular weight is 242 g/mol. The van der Waals surface area contributed by atoms with Crippen LogP contribution in [-0.2, 0) is 0 Å². The molecule has 0 aromatic rings. The molecule has 2 atom stereocenters. The Morgan fingerprint density at radius 2 is 1.33 bits per heavy atom. The van der Waals surface area contributed by atoms with Crippen molar-refractivity contribution >= 4 is 0 Å². The number of hydrogen-bond acceptors (Lipinski definition) is 0. The Morgan fingerprint density at radius 1 is 0.933 bits per heavy atom. The van der Waals surface area contributed by atoms with Gasteiger partial charge in [0.25, 0.3) is 0 Å². The van der Waals surface area contributed by atoms with Crippen LogP contribution in [-0.4, -0.2) is 18.3 Å². The van der Waals surface area contributed by atoms with Crippen LogP contribution in [0.1, 0.15) is 13.3 Å². The van der Waals surface area contributed by atoms with Gasteiger partial charge in [-0.3, -0.25) is 0 Å². The minimum absolute atomic E-state index is 0.372. The minimum atomic E-state index is -5.93. The second-order valence-corrected chi connectivity index (χ2v) is 3.79. The molecule has 0 N–H and O–H groups in total. The van der Waals surface area contributed by atoms with Crippen LogP contribution in [0.15, 0.2) is 0 Å². The summed E-state index contributed by atoms with van der Waals surface area (Å²) in [5, 5.41) is 0. The van der Waals surface area contributed by atoms with Gasteiger partial charge in [0, 0.05) is 5.92 Å². The van der Waals surface area contributed by atoms with Crippen LogP contribution in [0.5, 0.6) is 0 Å². The van der Waals surface area contributed by atoms with Crippen LogP contribution in [0, 0.1) is 11.3 Å². The third-order valence-corrected chi connectivity index (χ3v) is 2.70. The van der Waals surface area contributed by atoms with E-state index in [1.54, 1.807) is 0 Å². The Hall–Kier alpha value is -0.560. The normalized spacial score (nSPS) is 33.0. The van der Waals surface area contributed by atoms with Gasteiger partial charge in [-0.2, -0.15) is 35.1 Å². The molecule has 0 saturated heterocycles. The molecule has 1 fully saturated rings. The van der Waals surface area contributed by atoms with E-state index in [4.69, 9.17) is 0 Å². The highest BCUT2D eigenvalue weighted by atomic mass is 19.4. The molecule has 8 heteroatoms. The Balaban J connectivity index is 2.90. The van der Waals surface area contributed by atoms with E-state index in [-0.39, 0.29) is 0 Å². The molecular formula is C7H6F8. The van der Waals surface area contributed by atoms with E-state index in [0.29, 0.717) is 6.92 Å². The molecule has 0 aromatic carbocycles. The van der Waals surface area contributed by atoms with Crippen molar-refractivity contribution in [3.05, 3.63) is 0 Å². The smallest absolute Gasteiger partial charge is 0.196 e. The van der Waals surface area contributed by atoms with Crippen LogP contribution >= 0.6 is 0 Å². The molecule has 1 rings (SSSR count). The van der Waals surface area contributed by atoms with E-state index >= 15 is 0 Å². The molecule has 1 aliphatic rings. The first-order valence-electron chi connectivity index (χ1n) is 3.85. The zero-order valence-electron chi connectivity index (χ0n) is 7.31. The van der Waals surface area contributed by atoms with Gasteiger partial charge < -0.3 is 0 Å². The lowest BCUT2D eigenvalue weighted by Crippen LogP contribution is -2.42. The predicted octanol–water partition coefficient (Wildman–Crippen LogP) is 3.77. The van der Waals surface area contributed by atoms with Gasteiger partial charge >= 0.3 is 18.3 Å². The molecular weight excluding hydrogens is 236 g/mol. The first-order chi connectivity index (χ1) is 6.34. The number of alkyl halides is 8. The van der Waals surface area contributed by atoms with E-state index in [1.165, 1.54) is 0 Å². The second-order valence-electron chi connectivity index (χ2n) is 3.79. The van der Waals surface area contributed by atoms with Crippen molar-refractivity contribution in [2.24, 2.45) is 11.3 Å². The van der Waals surface area contributed by atoms with Crippen molar-refractivity contribution < 1.29 is 35.1 Å². The lowest BCUT2D eigenvalue weighted by Gasteiger charge is -2.23. The third-order valence-electron chi connectivity index (χ3n) is 2.70. The highest BCUT2D eigenvalue weighted by molar-refractivity contribution is 5.11. The summed E-state index contributed by atoms with van der Waals surface area (Å²) in [5.74, 6) is -7.98. The summed E-state index contributed by atoms with van der Waals surface area (Å²) in [6.07, 6.45) is -12.2. The fourth-order valence-electron chi connectivity index (χ4n) is 1.40. The number of hydrogen-bond donors (Lipinski definition) is 0. The first kappa shape index (κ1) is 12.5. The topological polar surface area (TPSA) is 0 Å². The lowest BCUT2D eigenvalue weighted by molar-refractivity contribution is -0.302. The van der Waals surface area contributed by atoms with Gasteiger partial charge in [-0.25, -0.2) is 0 Å². The zero-order chi connectivity index (χ0) is 12.3. The van der Waals surface area contributed by atoms with Gasteiger partial charge in [-0.15, -0.1) is 0 Å².